The highest BCUT2D eigenvalue weighted by Gasteiger charge is 2.54. The molecule has 0 aromatic carbocycles. The SMILES string of the molecule is Cn1cnc2c(ncn2[C@@H]2C[C@@H]3OP(O)(=S)O[C@H]4[C@@H](F)[C@H](n5cnc6c(N)ncnc65)O[C@@H]4COP(=O)(O)O[C@@H]2[C@@H]3O)c1=O. The van der Waals surface area contributed by atoms with Gasteiger partial charge in [-0.25, -0.2) is 33.9 Å². The van der Waals surface area contributed by atoms with Crippen LogP contribution in [-0.4, -0.2) is 96.8 Å². The average molecular weight is 675 g/mol. The maximum Gasteiger partial charge on any atom is 0.472 e. The summed E-state index contributed by atoms with van der Waals surface area (Å²) in [5.74, 6) is 0.0414. The van der Waals surface area contributed by atoms with E-state index < -0.39 is 75.7 Å². The van der Waals surface area contributed by atoms with Crippen molar-refractivity contribution in [1.82, 2.24) is 38.6 Å². The number of phosphoric acid groups is 1. The van der Waals surface area contributed by atoms with Crippen LogP contribution in [0.5, 0.6) is 0 Å². The highest BCUT2D eigenvalue weighted by Crippen LogP contribution is 2.57. The first-order chi connectivity index (χ1) is 20.8. The molecule has 3 aliphatic rings. The number of nitrogen functional groups attached to an aromatic ring is 1. The van der Waals surface area contributed by atoms with Crippen molar-refractivity contribution in [1.29, 1.82) is 0 Å². The number of aromatic nitrogens is 8. The van der Waals surface area contributed by atoms with Gasteiger partial charge in [-0.3, -0.25) is 22.9 Å². The number of imidazole rings is 2. The Balaban J connectivity index is 1.22. The van der Waals surface area contributed by atoms with Crippen LogP contribution in [0.1, 0.15) is 18.7 Å². The Kier molecular flexibility index (Phi) is 7.22. The molecule has 6 heterocycles. The van der Waals surface area contributed by atoms with Gasteiger partial charge in [-0.1, -0.05) is 0 Å². The second-order valence-corrected chi connectivity index (χ2v) is 14.5. The van der Waals surface area contributed by atoms with Gasteiger partial charge in [0.05, 0.1) is 37.7 Å². The van der Waals surface area contributed by atoms with E-state index in [2.05, 4.69) is 24.9 Å². The lowest BCUT2D eigenvalue weighted by Gasteiger charge is -2.30. The van der Waals surface area contributed by atoms with Crippen molar-refractivity contribution in [2.75, 3.05) is 12.3 Å². The van der Waals surface area contributed by atoms with E-state index in [1.54, 1.807) is 0 Å². The molecule has 2 bridgehead atoms. The van der Waals surface area contributed by atoms with Gasteiger partial charge in [-0.2, -0.15) is 0 Å². The highest BCUT2D eigenvalue weighted by atomic mass is 32.5. The summed E-state index contributed by atoms with van der Waals surface area (Å²) in [6.07, 6.45) is -6.41. The molecule has 5 N–H and O–H groups in total. The molecular formula is C21H24FN9O10P2S. The van der Waals surface area contributed by atoms with E-state index in [-0.39, 0.29) is 34.6 Å². The van der Waals surface area contributed by atoms with E-state index >= 15 is 4.39 Å². The lowest BCUT2D eigenvalue weighted by Crippen LogP contribution is -2.37. The summed E-state index contributed by atoms with van der Waals surface area (Å²) in [6, 6.07) is -1.00. The summed E-state index contributed by atoms with van der Waals surface area (Å²) in [4.78, 5) is 54.6. The predicted octanol–water partition coefficient (Wildman–Crippen LogP) is -0.404. The second-order valence-electron chi connectivity index (χ2n) is 10.4. The van der Waals surface area contributed by atoms with Crippen LogP contribution >= 0.6 is 14.5 Å². The number of hydrogen-bond acceptors (Lipinski definition) is 15. The number of aliphatic hydroxyl groups excluding tert-OH is 1. The van der Waals surface area contributed by atoms with Crippen LogP contribution in [0.4, 0.5) is 10.2 Å². The molecular weight excluding hydrogens is 651 g/mol. The van der Waals surface area contributed by atoms with Crippen LogP contribution in [-0.2, 0) is 46.3 Å². The zero-order chi connectivity index (χ0) is 31.1. The van der Waals surface area contributed by atoms with Crippen LogP contribution in [0.25, 0.3) is 22.3 Å². The number of aryl methyl sites for hydroxylation is 1. The van der Waals surface area contributed by atoms with E-state index in [0.29, 0.717) is 0 Å². The Bertz CT molecular complexity index is 1930. The lowest BCUT2D eigenvalue weighted by atomic mass is 10.1. The highest BCUT2D eigenvalue weighted by molar-refractivity contribution is 8.07. The van der Waals surface area contributed by atoms with E-state index in [0.717, 1.165) is 6.33 Å². The fraction of sp³-hybridized carbons (Fsp3) is 0.524. The van der Waals surface area contributed by atoms with Crippen molar-refractivity contribution in [2.45, 2.75) is 55.4 Å². The van der Waals surface area contributed by atoms with E-state index in [9.17, 15) is 24.3 Å². The number of nitrogens with two attached hydrogens (primary N) is 1. The number of fused-ring (bicyclic) bond motifs is 5. The van der Waals surface area contributed by atoms with Crippen LogP contribution < -0.4 is 11.3 Å². The first-order valence-electron chi connectivity index (χ1n) is 13.0. The third-order valence-electron chi connectivity index (χ3n) is 7.68. The van der Waals surface area contributed by atoms with Crippen molar-refractivity contribution in [2.24, 2.45) is 7.05 Å². The molecule has 7 rings (SSSR count). The fourth-order valence-corrected chi connectivity index (χ4v) is 8.39. The van der Waals surface area contributed by atoms with Crippen molar-refractivity contribution < 1.29 is 46.7 Å². The molecule has 236 valence electrons. The molecule has 2 unspecified atom stereocenters. The van der Waals surface area contributed by atoms with Gasteiger partial charge in [0.25, 0.3) is 5.56 Å². The van der Waals surface area contributed by atoms with Crippen LogP contribution in [0, 0.1) is 0 Å². The Hall–Kier alpha value is -2.81. The molecule has 19 nitrogen and oxygen atoms in total. The standard InChI is InChI=1S/C21H24FN9O10P2S/c1-29-5-28-19-13(20(29)33)27-6-30(19)8-2-9-14(32)15(8)40-42(34,35)37-3-10-16(41-43(36,44)39-9)11(22)21(38-10)31-7-26-12-17(23)24-4-25-18(12)31/h4-11,14-16,21,32H,2-3H2,1H3,(H,34,35)(H,36,44)(H2,23,24,25)/t8-,9+,10-,11-,14-,15+,16-,21-,43?/m1/s1. The third-order valence-corrected chi connectivity index (χ3v) is 10.2. The number of aliphatic hydroxyl groups is 1. The molecule has 2 saturated heterocycles. The second kappa shape index (κ2) is 10.6. The minimum Gasteiger partial charge on any atom is -0.388 e. The lowest BCUT2D eigenvalue weighted by molar-refractivity contribution is -0.0622. The van der Waals surface area contributed by atoms with Gasteiger partial charge in [-0.15, -0.1) is 0 Å². The number of anilines is 1. The van der Waals surface area contributed by atoms with Crippen LogP contribution in [0.2, 0.25) is 0 Å². The van der Waals surface area contributed by atoms with Crippen molar-refractivity contribution in [3.63, 3.8) is 0 Å². The zero-order valence-electron chi connectivity index (χ0n) is 22.4. The summed E-state index contributed by atoms with van der Waals surface area (Å²) < 4.78 is 60.7. The number of hydrogen-bond donors (Lipinski definition) is 4. The molecule has 23 heteroatoms. The van der Waals surface area contributed by atoms with Gasteiger partial charge < -0.3 is 39.0 Å². The van der Waals surface area contributed by atoms with Gasteiger partial charge >= 0.3 is 14.5 Å². The van der Waals surface area contributed by atoms with Crippen molar-refractivity contribution in [3.05, 3.63) is 35.7 Å². The first-order valence-corrected chi connectivity index (χ1v) is 17.1. The van der Waals surface area contributed by atoms with Gasteiger partial charge in [0.1, 0.15) is 36.3 Å². The summed E-state index contributed by atoms with van der Waals surface area (Å²) in [6.45, 7) is -5.11. The number of halogens is 1. The number of rotatable bonds is 2. The Morgan fingerprint density at radius 3 is 2.52 bits per heavy atom. The largest absolute Gasteiger partial charge is 0.472 e. The van der Waals surface area contributed by atoms with Gasteiger partial charge in [0.15, 0.2) is 35.0 Å². The third kappa shape index (κ3) is 4.97. The maximum absolute atomic E-state index is 16.0. The minimum atomic E-state index is -4.99. The predicted molar refractivity (Wildman–Crippen MR) is 148 cm³/mol. The molecule has 1 saturated carbocycles. The molecule has 0 amide bonds. The minimum absolute atomic E-state index is 0.00195. The average Bonchev–Trinajstić information content (AvgIpc) is 3.72. The number of ether oxygens (including phenoxy) is 1. The molecule has 44 heavy (non-hydrogen) atoms. The molecule has 2 aliphatic heterocycles. The smallest absolute Gasteiger partial charge is 0.388 e. The van der Waals surface area contributed by atoms with E-state index in [1.807, 2.05) is 0 Å². The molecule has 4 aromatic rings. The first kappa shape index (κ1) is 29.9. The zero-order valence-corrected chi connectivity index (χ0v) is 25.0. The number of phosphoric ester groups is 1. The Labute approximate surface area is 250 Å². The normalized spacial score (nSPS) is 38.0. The van der Waals surface area contributed by atoms with Crippen molar-refractivity contribution in [3.8, 4) is 0 Å². The van der Waals surface area contributed by atoms with E-state index in [1.165, 1.54) is 39.7 Å². The van der Waals surface area contributed by atoms with Gasteiger partial charge in [0, 0.05) is 13.5 Å². The number of alkyl halides is 1. The van der Waals surface area contributed by atoms with Crippen LogP contribution in [0.15, 0.2) is 30.1 Å². The molecule has 0 radical (unpaired) electrons. The van der Waals surface area contributed by atoms with Gasteiger partial charge in [0.2, 0.25) is 0 Å². The molecule has 10 atom stereocenters. The molecule has 3 fully saturated rings. The molecule has 0 spiro atoms. The summed E-state index contributed by atoms with van der Waals surface area (Å²) in [5, 5.41) is 11.1. The quantitative estimate of drug-likeness (QED) is 0.197. The maximum atomic E-state index is 16.0. The Morgan fingerprint density at radius 1 is 1.00 bits per heavy atom. The summed E-state index contributed by atoms with van der Waals surface area (Å²) in [7, 11) is -3.51. The summed E-state index contributed by atoms with van der Waals surface area (Å²) in [5.41, 5.74) is 5.78. The molecule has 1 aliphatic carbocycles. The van der Waals surface area contributed by atoms with Crippen molar-refractivity contribution >= 4 is 54.5 Å². The van der Waals surface area contributed by atoms with Crippen LogP contribution in [0.3, 0.4) is 0 Å². The van der Waals surface area contributed by atoms with E-state index in [4.69, 9.17) is 40.4 Å². The fourth-order valence-electron chi connectivity index (χ4n) is 5.63. The monoisotopic (exact) mass is 675 g/mol. The number of nitrogens with zero attached hydrogens (tertiary/aromatic N) is 8. The summed E-state index contributed by atoms with van der Waals surface area (Å²) >= 11 is 5.21. The topological polar surface area (TPSA) is 246 Å². The molecule has 4 aromatic heterocycles. The Morgan fingerprint density at radius 2 is 1.73 bits per heavy atom. The van der Waals surface area contributed by atoms with Gasteiger partial charge in [-0.05, 0) is 11.8 Å².